The molecule has 1 aliphatic rings. The topological polar surface area (TPSA) is 105 Å². The fourth-order valence-electron chi connectivity index (χ4n) is 3.62. The van der Waals surface area contributed by atoms with E-state index in [0.29, 0.717) is 11.5 Å². The average molecular weight is 419 g/mol. The molecule has 31 heavy (non-hydrogen) atoms. The van der Waals surface area contributed by atoms with Gasteiger partial charge in [-0.25, -0.2) is 0 Å². The number of tetrazole rings is 1. The molecule has 0 unspecified atom stereocenters. The smallest absolute Gasteiger partial charge is 0.313 e. The number of likely N-dealkylation sites (tertiary alicyclic amines) is 1. The van der Waals surface area contributed by atoms with Crippen LogP contribution < -0.4 is 10.6 Å². The standard InChI is InChI=1S/C22H25N7O2/c1-28-26-20(25-27-28)17-7-9-18(10-8-17)23-21(30)22(31)24-19-11-13-29(14-12-19)15-16-5-3-2-4-6-16/h2-10,19H,11-15H2,1H3,(H,23,30)(H,24,31). The minimum absolute atomic E-state index is 0.00961. The van der Waals surface area contributed by atoms with Crippen molar-refractivity contribution in [2.24, 2.45) is 7.05 Å². The van der Waals surface area contributed by atoms with Gasteiger partial charge >= 0.3 is 11.8 Å². The number of nitrogens with one attached hydrogen (secondary N) is 2. The Labute approximate surface area is 180 Å². The number of piperidine rings is 1. The number of rotatable bonds is 5. The number of carbonyl (C=O) groups is 2. The Kier molecular flexibility index (Phi) is 6.32. The SMILES string of the molecule is Cn1nnc(-c2ccc(NC(=O)C(=O)NC3CCN(Cc4ccccc4)CC3)cc2)n1. The highest BCUT2D eigenvalue weighted by molar-refractivity contribution is 6.39. The highest BCUT2D eigenvalue weighted by atomic mass is 16.2. The van der Waals surface area contributed by atoms with Crippen LogP contribution in [-0.2, 0) is 23.2 Å². The molecule has 0 radical (unpaired) electrons. The number of anilines is 1. The molecule has 0 aliphatic carbocycles. The molecule has 1 saturated heterocycles. The van der Waals surface area contributed by atoms with Gasteiger partial charge in [0.05, 0.1) is 7.05 Å². The Morgan fingerprint density at radius 2 is 1.71 bits per heavy atom. The van der Waals surface area contributed by atoms with Crippen LogP contribution in [0.15, 0.2) is 54.6 Å². The zero-order valence-corrected chi connectivity index (χ0v) is 17.4. The quantitative estimate of drug-likeness (QED) is 0.609. The van der Waals surface area contributed by atoms with Crippen LogP contribution in [-0.4, -0.2) is 56.1 Å². The second-order valence-corrected chi connectivity index (χ2v) is 7.64. The van der Waals surface area contributed by atoms with Crippen molar-refractivity contribution in [1.82, 2.24) is 30.4 Å². The second-order valence-electron chi connectivity index (χ2n) is 7.64. The lowest BCUT2D eigenvalue weighted by molar-refractivity contribution is -0.136. The molecular weight excluding hydrogens is 394 g/mol. The molecule has 0 saturated carbocycles. The third kappa shape index (κ3) is 5.52. The minimum Gasteiger partial charge on any atom is -0.345 e. The van der Waals surface area contributed by atoms with Crippen molar-refractivity contribution < 1.29 is 9.59 Å². The van der Waals surface area contributed by atoms with E-state index >= 15 is 0 Å². The molecule has 9 heteroatoms. The van der Waals surface area contributed by atoms with Crippen molar-refractivity contribution in [1.29, 1.82) is 0 Å². The van der Waals surface area contributed by atoms with Crippen LogP contribution in [0.5, 0.6) is 0 Å². The van der Waals surface area contributed by atoms with Crippen molar-refractivity contribution in [2.75, 3.05) is 18.4 Å². The summed E-state index contributed by atoms with van der Waals surface area (Å²) in [5.74, 6) is -0.782. The molecule has 1 fully saturated rings. The van der Waals surface area contributed by atoms with E-state index in [9.17, 15) is 9.59 Å². The molecule has 0 bridgehead atoms. The van der Waals surface area contributed by atoms with E-state index in [1.165, 1.54) is 10.4 Å². The van der Waals surface area contributed by atoms with E-state index in [-0.39, 0.29) is 6.04 Å². The minimum atomic E-state index is -0.669. The van der Waals surface area contributed by atoms with Gasteiger partial charge in [0.1, 0.15) is 0 Å². The van der Waals surface area contributed by atoms with Gasteiger partial charge in [-0.1, -0.05) is 30.3 Å². The van der Waals surface area contributed by atoms with E-state index in [4.69, 9.17) is 0 Å². The molecule has 0 spiro atoms. The number of aryl methyl sites for hydroxylation is 1. The lowest BCUT2D eigenvalue weighted by Crippen LogP contribution is -2.47. The monoisotopic (exact) mass is 419 g/mol. The Hall–Kier alpha value is -3.59. The summed E-state index contributed by atoms with van der Waals surface area (Å²) in [7, 11) is 1.69. The summed E-state index contributed by atoms with van der Waals surface area (Å²) in [4.78, 5) is 28.3. The second kappa shape index (κ2) is 9.48. The fourth-order valence-corrected chi connectivity index (χ4v) is 3.62. The molecule has 0 atom stereocenters. The first-order chi connectivity index (χ1) is 15.1. The van der Waals surface area contributed by atoms with Crippen LogP contribution in [0.2, 0.25) is 0 Å². The maximum Gasteiger partial charge on any atom is 0.313 e. The number of carbonyl (C=O) groups excluding carboxylic acids is 2. The Morgan fingerprint density at radius 1 is 1.00 bits per heavy atom. The maximum atomic E-state index is 12.3. The van der Waals surface area contributed by atoms with Crippen molar-refractivity contribution >= 4 is 17.5 Å². The van der Waals surface area contributed by atoms with Gasteiger partial charge in [-0.3, -0.25) is 14.5 Å². The molecule has 2 N–H and O–H groups in total. The first-order valence-corrected chi connectivity index (χ1v) is 10.3. The van der Waals surface area contributed by atoms with Crippen LogP contribution in [0, 0.1) is 0 Å². The summed E-state index contributed by atoms with van der Waals surface area (Å²) in [6.45, 7) is 2.68. The van der Waals surface area contributed by atoms with Crippen LogP contribution in [0.3, 0.4) is 0 Å². The molecule has 1 aromatic heterocycles. The summed E-state index contributed by atoms with van der Waals surface area (Å²) in [6.07, 6.45) is 1.65. The van der Waals surface area contributed by atoms with Crippen LogP contribution in [0.25, 0.3) is 11.4 Å². The molecule has 2 heterocycles. The lowest BCUT2D eigenvalue weighted by atomic mass is 10.0. The number of amides is 2. The number of benzene rings is 2. The fraction of sp³-hybridized carbons (Fsp3) is 0.318. The third-order valence-electron chi connectivity index (χ3n) is 5.29. The Balaban J connectivity index is 1.23. The Morgan fingerprint density at radius 3 is 2.35 bits per heavy atom. The molecule has 3 aromatic rings. The van der Waals surface area contributed by atoms with E-state index in [1.807, 2.05) is 18.2 Å². The Bertz CT molecular complexity index is 1030. The number of hydrogen-bond donors (Lipinski definition) is 2. The van der Waals surface area contributed by atoms with Crippen molar-refractivity contribution in [2.45, 2.75) is 25.4 Å². The van der Waals surface area contributed by atoms with Crippen molar-refractivity contribution in [3.8, 4) is 11.4 Å². The van der Waals surface area contributed by atoms with Gasteiger partial charge in [-0.15, -0.1) is 10.2 Å². The largest absolute Gasteiger partial charge is 0.345 e. The van der Waals surface area contributed by atoms with Crippen LogP contribution >= 0.6 is 0 Å². The molecular formula is C22H25N7O2. The van der Waals surface area contributed by atoms with Crippen molar-refractivity contribution in [3.63, 3.8) is 0 Å². The third-order valence-corrected chi connectivity index (χ3v) is 5.29. The van der Waals surface area contributed by atoms with Gasteiger partial charge in [0.15, 0.2) is 0 Å². The van der Waals surface area contributed by atoms with E-state index in [1.54, 1.807) is 31.3 Å². The molecule has 160 valence electrons. The van der Waals surface area contributed by atoms with Gasteiger partial charge < -0.3 is 10.6 Å². The first-order valence-electron chi connectivity index (χ1n) is 10.3. The summed E-state index contributed by atoms with van der Waals surface area (Å²) >= 11 is 0. The first kappa shape index (κ1) is 20.7. The highest BCUT2D eigenvalue weighted by Gasteiger charge is 2.23. The molecule has 4 rings (SSSR count). The van der Waals surface area contributed by atoms with Crippen molar-refractivity contribution in [3.05, 3.63) is 60.2 Å². The van der Waals surface area contributed by atoms with Gasteiger partial charge in [0.25, 0.3) is 0 Å². The summed E-state index contributed by atoms with van der Waals surface area (Å²) in [6, 6.07) is 17.3. The number of nitrogens with zero attached hydrogens (tertiary/aromatic N) is 5. The zero-order chi connectivity index (χ0) is 21.6. The predicted molar refractivity (Wildman–Crippen MR) is 116 cm³/mol. The van der Waals surface area contributed by atoms with Gasteiger partial charge in [-0.05, 0) is 47.9 Å². The maximum absolute atomic E-state index is 12.3. The van der Waals surface area contributed by atoms with E-state index in [2.05, 4.69) is 43.1 Å². The zero-order valence-electron chi connectivity index (χ0n) is 17.4. The molecule has 9 nitrogen and oxygen atoms in total. The van der Waals surface area contributed by atoms with Gasteiger partial charge in [-0.2, -0.15) is 4.80 Å². The van der Waals surface area contributed by atoms with Crippen LogP contribution in [0.1, 0.15) is 18.4 Å². The van der Waals surface area contributed by atoms with Crippen LogP contribution in [0.4, 0.5) is 5.69 Å². The summed E-state index contributed by atoms with van der Waals surface area (Å²) < 4.78 is 0. The highest BCUT2D eigenvalue weighted by Crippen LogP contribution is 2.17. The number of aromatic nitrogens is 4. The lowest BCUT2D eigenvalue weighted by Gasteiger charge is -2.32. The summed E-state index contributed by atoms with van der Waals surface area (Å²) in [5, 5.41) is 17.4. The predicted octanol–water partition coefficient (Wildman–Crippen LogP) is 1.60. The van der Waals surface area contributed by atoms with Gasteiger partial charge in [0.2, 0.25) is 5.82 Å². The summed E-state index contributed by atoms with van der Waals surface area (Å²) in [5.41, 5.74) is 2.59. The molecule has 2 aromatic carbocycles. The van der Waals surface area contributed by atoms with Gasteiger partial charge in [0, 0.05) is 36.9 Å². The molecule has 2 amide bonds. The van der Waals surface area contributed by atoms with E-state index < -0.39 is 11.8 Å². The number of hydrogen-bond acceptors (Lipinski definition) is 6. The molecule has 1 aliphatic heterocycles. The average Bonchev–Trinajstić information content (AvgIpc) is 3.22. The van der Waals surface area contributed by atoms with E-state index in [0.717, 1.165) is 38.0 Å². The normalized spacial score (nSPS) is 14.9.